The molecule has 5 nitrogen and oxygen atoms in total. The number of anilines is 1. The van der Waals surface area contributed by atoms with E-state index in [0.717, 1.165) is 42.7 Å². The van der Waals surface area contributed by atoms with Crippen LogP contribution in [0.25, 0.3) is 10.9 Å². The molecule has 1 heterocycles. The molecule has 0 saturated carbocycles. The van der Waals surface area contributed by atoms with E-state index in [2.05, 4.69) is 10.3 Å². The Bertz CT molecular complexity index is 1160. The highest BCUT2D eigenvalue weighted by atomic mass is 19.4. The highest BCUT2D eigenvalue weighted by molar-refractivity contribution is 6.06. The van der Waals surface area contributed by atoms with Crippen molar-refractivity contribution in [3.63, 3.8) is 0 Å². The summed E-state index contributed by atoms with van der Waals surface area (Å²) in [5.41, 5.74) is 1.90. The number of hydrogen-bond acceptors (Lipinski definition) is 4. The topological polar surface area (TPSA) is 68.3 Å². The number of rotatable bonds is 4. The van der Waals surface area contributed by atoms with Crippen molar-refractivity contribution in [1.29, 1.82) is 0 Å². The van der Waals surface area contributed by atoms with Crippen LogP contribution in [0.3, 0.4) is 0 Å². The number of alkyl halides is 3. The zero-order chi connectivity index (χ0) is 22.0. The van der Waals surface area contributed by atoms with Crippen LogP contribution in [0.5, 0.6) is 0 Å². The first-order valence-corrected chi connectivity index (χ1v) is 9.87. The number of nitrogens with one attached hydrogen (secondary N) is 1. The van der Waals surface area contributed by atoms with Gasteiger partial charge in [0, 0.05) is 16.8 Å². The molecule has 1 aromatic heterocycles. The highest BCUT2D eigenvalue weighted by Gasteiger charge is 2.30. The van der Waals surface area contributed by atoms with Gasteiger partial charge in [-0.2, -0.15) is 13.2 Å². The molecule has 1 amide bonds. The summed E-state index contributed by atoms with van der Waals surface area (Å²) in [6.07, 6.45) is -1.12. The van der Waals surface area contributed by atoms with E-state index < -0.39 is 30.2 Å². The van der Waals surface area contributed by atoms with Crippen molar-refractivity contribution in [2.45, 2.75) is 31.9 Å². The number of nitrogens with zero attached hydrogens (tertiary/aromatic N) is 1. The molecule has 160 valence electrons. The second-order valence-electron chi connectivity index (χ2n) is 7.34. The molecule has 0 radical (unpaired) electrons. The Morgan fingerprint density at radius 1 is 1.03 bits per heavy atom. The fraction of sp³-hybridized carbons (Fsp3) is 0.261. The molecular formula is C23H19F3N2O3. The number of esters is 1. The molecule has 1 aliphatic rings. The third-order valence-electron chi connectivity index (χ3n) is 5.18. The third-order valence-corrected chi connectivity index (χ3v) is 5.18. The second-order valence-corrected chi connectivity index (χ2v) is 7.34. The number of carbonyl (C=O) groups is 2. The van der Waals surface area contributed by atoms with Crippen LogP contribution in [0.1, 0.15) is 40.0 Å². The van der Waals surface area contributed by atoms with E-state index in [1.54, 1.807) is 12.1 Å². The van der Waals surface area contributed by atoms with E-state index >= 15 is 0 Å². The van der Waals surface area contributed by atoms with Gasteiger partial charge >= 0.3 is 12.1 Å². The molecule has 0 unspecified atom stereocenters. The number of aromatic nitrogens is 1. The first-order valence-electron chi connectivity index (χ1n) is 9.87. The summed E-state index contributed by atoms with van der Waals surface area (Å²) >= 11 is 0. The van der Waals surface area contributed by atoms with Gasteiger partial charge in [0.1, 0.15) is 0 Å². The average Bonchev–Trinajstić information content (AvgIpc) is 2.75. The number of halogens is 3. The van der Waals surface area contributed by atoms with Crippen LogP contribution in [-0.4, -0.2) is 23.5 Å². The van der Waals surface area contributed by atoms with E-state index in [-0.39, 0.29) is 5.69 Å². The van der Waals surface area contributed by atoms with E-state index in [0.29, 0.717) is 22.9 Å². The van der Waals surface area contributed by atoms with Gasteiger partial charge < -0.3 is 10.1 Å². The van der Waals surface area contributed by atoms with Crippen molar-refractivity contribution >= 4 is 28.5 Å². The van der Waals surface area contributed by atoms with Crippen molar-refractivity contribution < 1.29 is 27.5 Å². The fourth-order valence-electron chi connectivity index (χ4n) is 3.78. The number of aryl methyl sites for hydroxylation is 1. The molecule has 8 heteroatoms. The normalized spacial score (nSPS) is 13.5. The minimum Gasteiger partial charge on any atom is -0.452 e. The van der Waals surface area contributed by atoms with Crippen molar-refractivity contribution in [2.75, 3.05) is 11.9 Å². The Hall–Kier alpha value is -3.42. The van der Waals surface area contributed by atoms with Crippen LogP contribution >= 0.6 is 0 Å². The summed E-state index contributed by atoms with van der Waals surface area (Å²) in [7, 11) is 0. The first kappa shape index (κ1) is 20.8. The molecule has 2 aromatic carbocycles. The van der Waals surface area contributed by atoms with Gasteiger partial charge in [-0.25, -0.2) is 4.79 Å². The SMILES string of the molecule is O=C(COC(=O)c1c2c(nc3ccccc13)CCCC2)Nc1cccc(C(F)(F)F)c1. The second kappa shape index (κ2) is 8.37. The number of benzene rings is 2. The average molecular weight is 428 g/mol. The van der Waals surface area contributed by atoms with Crippen LogP contribution in [-0.2, 0) is 28.5 Å². The number of ether oxygens (including phenoxy) is 1. The van der Waals surface area contributed by atoms with Gasteiger partial charge in [-0.15, -0.1) is 0 Å². The Labute approximate surface area is 176 Å². The molecule has 0 fully saturated rings. The van der Waals surface area contributed by atoms with Gasteiger partial charge in [-0.1, -0.05) is 24.3 Å². The van der Waals surface area contributed by atoms with Gasteiger partial charge in [0.25, 0.3) is 5.91 Å². The largest absolute Gasteiger partial charge is 0.452 e. The van der Waals surface area contributed by atoms with Crippen molar-refractivity contribution in [1.82, 2.24) is 4.98 Å². The molecule has 0 bridgehead atoms. The maximum absolute atomic E-state index is 12.9. The molecular weight excluding hydrogens is 409 g/mol. The van der Waals surface area contributed by atoms with E-state index in [1.807, 2.05) is 12.1 Å². The summed E-state index contributed by atoms with van der Waals surface area (Å²) in [5, 5.41) is 2.99. The Morgan fingerprint density at radius 2 is 1.81 bits per heavy atom. The Balaban J connectivity index is 1.51. The maximum atomic E-state index is 12.9. The lowest BCUT2D eigenvalue weighted by molar-refractivity contribution is -0.137. The van der Waals surface area contributed by atoms with Gasteiger partial charge in [-0.3, -0.25) is 9.78 Å². The van der Waals surface area contributed by atoms with Crippen LogP contribution < -0.4 is 5.32 Å². The molecule has 0 aliphatic heterocycles. The number of hydrogen-bond donors (Lipinski definition) is 1. The van der Waals surface area contributed by atoms with Crippen molar-refractivity contribution in [2.24, 2.45) is 0 Å². The van der Waals surface area contributed by atoms with Crippen molar-refractivity contribution in [3.05, 3.63) is 70.9 Å². The molecule has 1 N–H and O–H groups in total. The quantitative estimate of drug-likeness (QED) is 0.599. The molecule has 0 saturated heterocycles. The van der Waals surface area contributed by atoms with E-state index in [9.17, 15) is 22.8 Å². The van der Waals surface area contributed by atoms with Crippen LogP contribution in [0.15, 0.2) is 48.5 Å². The van der Waals surface area contributed by atoms with Gasteiger partial charge in [-0.05, 0) is 55.5 Å². The van der Waals surface area contributed by atoms with Crippen LogP contribution in [0.2, 0.25) is 0 Å². The van der Waals surface area contributed by atoms with Crippen LogP contribution in [0.4, 0.5) is 18.9 Å². The third kappa shape index (κ3) is 4.52. The monoisotopic (exact) mass is 428 g/mol. The molecule has 0 atom stereocenters. The molecule has 0 spiro atoms. The Morgan fingerprint density at radius 3 is 2.61 bits per heavy atom. The van der Waals surface area contributed by atoms with Crippen molar-refractivity contribution in [3.8, 4) is 0 Å². The smallest absolute Gasteiger partial charge is 0.416 e. The maximum Gasteiger partial charge on any atom is 0.416 e. The van der Waals surface area contributed by atoms with Crippen LogP contribution in [0, 0.1) is 0 Å². The minimum atomic E-state index is -4.52. The summed E-state index contributed by atoms with van der Waals surface area (Å²) in [4.78, 5) is 29.7. The van der Waals surface area contributed by atoms with E-state index in [4.69, 9.17) is 4.74 Å². The zero-order valence-electron chi connectivity index (χ0n) is 16.5. The summed E-state index contributed by atoms with van der Waals surface area (Å²) in [6.45, 7) is -0.611. The first-order chi connectivity index (χ1) is 14.8. The standard InChI is InChI=1S/C23H19F3N2O3/c24-23(25,26)14-6-5-7-15(12-14)27-20(29)13-31-22(30)21-16-8-1-3-10-18(16)28-19-11-4-2-9-17(19)21/h1,3,5-8,10,12H,2,4,9,11,13H2,(H,27,29). The number of pyridine rings is 1. The number of amides is 1. The molecule has 31 heavy (non-hydrogen) atoms. The number of fused-ring (bicyclic) bond motifs is 2. The molecule has 4 rings (SSSR count). The van der Waals surface area contributed by atoms with Gasteiger partial charge in [0.2, 0.25) is 0 Å². The summed E-state index contributed by atoms with van der Waals surface area (Å²) in [6, 6.07) is 11.5. The Kier molecular flexibility index (Phi) is 5.63. The predicted octanol–water partition coefficient (Wildman–Crippen LogP) is 4.93. The lowest BCUT2D eigenvalue weighted by Crippen LogP contribution is -2.23. The summed E-state index contributed by atoms with van der Waals surface area (Å²) in [5.74, 6) is -1.36. The molecule has 1 aliphatic carbocycles. The number of para-hydroxylation sites is 1. The zero-order valence-corrected chi connectivity index (χ0v) is 16.5. The van der Waals surface area contributed by atoms with E-state index in [1.165, 1.54) is 12.1 Å². The summed E-state index contributed by atoms with van der Waals surface area (Å²) < 4.78 is 43.7. The van der Waals surface area contributed by atoms with Gasteiger partial charge in [0.15, 0.2) is 6.61 Å². The minimum absolute atomic E-state index is 0.0254. The van der Waals surface area contributed by atoms with Gasteiger partial charge in [0.05, 0.1) is 16.6 Å². The molecule has 3 aromatic rings. The lowest BCUT2D eigenvalue weighted by Gasteiger charge is -2.20. The highest BCUT2D eigenvalue weighted by Crippen LogP contribution is 2.31. The fourth-order valence-corrected chi connectivity index (χ4v) is 3.78. The lowest BCUT2D eigenvalue weighted by atomic mass is 9.90. The number of carbonyl (C=O) groups excluding carboxylic acids is 2. The predicted molar refractivity (Wildman–Crippen MR) is 109 cm³/mol.